The maximum atomic E-state index is 5.37. The summed E-state index contributed by atoms with van der Waals surface area (Å²) in [6, 6.07) is 2.04. The first-order valence-electron chi connectivity index (χ1n) is 5.82. The molecule has 2 aromatic heterocycles. The number of fused-ring (bicyclic) bond motifs is 1. The van der Waals surface area contributed by atoms with E-state index in [0.717, 1.165) is 28.5 Å². The largest absolute Gasteiger partial charge is 0.369 e. The Bertz CT molecular complexity index is 520. The fourth-order valence-corrected chi connectivity index (χ4v) is 2.62. The summed E-state index contributed by atoms with van der Waals surface area (Å²) in [6.45, 7) is 0.969. The minimum Gasteiger partial charge on any atom is -0.369 e. The van der Waals surface area contributed by atoms with Gasteiger partial charge in [-0.1, -0.05) is 12.8 Å². The molecule has 6 heteroatoms. The van der Waals surface area contributed by atoms with E-state index in [1.54, 1.807) is 11.3 Å². The van der Waals surface area contributed by atoms with E-state index in [-0.39, 0.29) is 0 Å². The number of hydrogen-bond acceptors (Lipinski definition) is 6. The molecule has 0 spiro atoms. The predicted octanol–water partition coefficient (Wildman–Crippen LogP) is 2.19. The van der Waals surface area contributed by atoms with Crippen LogP contribution in [0, 0.1) is 5.92 Å². The van der Waals surface area contributed by atoms with Crippen LogP contribution in [0.15, 0.2) is 11.4 Å². The van der Waals surface area contributed by atoms with Gasteiger partial charge in [-0.15, -0.1) is 11.3 Å². The van der Waals surface area contributed by atoms with E-state index in [0.29, 0.717) is 5.95 Å². The normalized spacial score (nSPS) is 15.1. The van der Waals surface area contributed by atoms with Crippen molar-refractivity contribution in [2.75, 3.05) is 17.3 Å². The lowest BCUT2D eigenvalue weighted by atomic mass is 10.3. The summed E-state index contributed by atoms with van der Waals surface area (Å²) in [5.41, 5.74) is 2.51. The quantitative estimate of drug-likeness (QED) is 0.559. The Hall–Kier alpha value is -1.40. The molecule has 4 N–H and O–H groups in total. The summed E-state index contributed by atoms with van der Waals surface area (Å²) in [5.74, 6) is 7.64. The summed E-state index contributed by atoms with van der Waals surface area (Å²) < 4.78 is 0. The molecule has 17 heavy (non-hydrogen) atoms. The van der Waals surface area contributed by atoms with E-state index < -0.39 is 0 Å². The Morgan fingerprint density at radius 2 is 2.29 bits per heavy atom. The Balaban J connectivity index is 1.81. The molecule has 0 aliphatic heterocycles. The minimum absolute atomic E-state index is 0.467. The van der Waals surface area contributed by atoms with Crippen molar-refractivity contribution in [2.24, 2.45) is 11.8 Å². The van der Waals surface area contributed by atoms with Crippen LogP contribution in [-0.2, 0) is 0 Å². The third-order valence-electron chi connectivity index (χ3n) is 3.00. The molecule has 0 radical (unpaired) electrons. The number of thiophene rings is 1. The van der Waals surface area contributed by atoms with Gasteiger partial charge in [-0.25, -0.2) is 10.8 Å². The lowest BCUT2D eigenvalue weighted by Gasteiger charge is -2.07. The molecule has 1 aliphatic carbocycles. The molecular formula is C11H15N5S. The van der Waals surface area contributed by atoms with Crippen LogP contribution < -0.4 is 16.6 Å². The van der Waals surface area contributed by atoms with E-state index in [9.17, 15) is 0 Å². The Labute approximate surface area is 103 Å². The standard InChI is InChI=1S/C11H15N5S/c12-16-11-14-9(13-5-3-7-1-2-7)8-4-6-17-10(8)15-11/h4,6-7H,1-3,5,12H2,(H2,13,14,15,16). The number of nitrogens with one attached hydrogen (secondary N) is 2. The zero-order valence-corrected chi connectivity index (χ0v) is 10.3. The van der Waals surface area contributed by atoms with Gasteiger partial charge in [-0.05, 0) is 23.8 Å². The summed E-state index contributed by atoms with van der Waals surface area (Å²) in [7, 11) is 0. The summed E-state index contributed by atoms with van der Waals surface area (Å²) in [5, 5.41) is 6.47. The predicted molar refractivity (Wildman–Crippen MR) is 71.1 cm³/mol. The average Bonchev–Trinajstić information content (AvgIpc) is 3.04. The van der Waals surface area contributed by atoms with Crippen LogP contribution in [0.1, 0.15) is 19.3 Å². The first-order chi connectivity index (χ1) is 8.36. The molecule has 1 saturated carbocycles. The number of nitrogen functional groups attached to an aromatic ring is 1. The second kappa shape index (κ2) is 4.46. The van der Waals surface area contributed by atoms with Crippen molar-refractivity contribution in [1.29, 1.82) is 0 Å². The maximum absolute atomic E-state index is 5.37. The molecule has 5 nitrogen and oxygen atoms in total. The highest BCUT2D eigenvalue weighted by Gasteiger charge is 2.20. The fraction of sp³-hybridized carbons (Fsp3) is 0.455. The SMILES string of the molecule is NNc1nc(NCCC2CC2)c2ccsc2n1. The molecule has 2 aromatic rings. The van der Waals surface area contributed by atoms with E-state index in [1.165, 1.54) is 19.3 Å². The second-order valence-corrected chi connectivity index (χ2v) is 5.23. The first kappa shape index (κ1) is 10.7. The first-order valence-corrected chi connectivity index (χ1v) is 6.70. The molecule has 1 fully saturated rings. The molecule has 3 rings (SSSR count). The summed E-state index contributed by atoms with van der Waals surface area (Å²) in [6.07, 6.45) is 3.99. The number of nitrogens with zero attached hydrogens (tertiary/aromatic N) is 2. The molecule has 0 bridgehead atoms. The highest BCUT2D eigenvalue weighted by molar-refractivity contribution is 7.16. The maximum Gasteiger partial charge on any atom is 0.240 e. The van der Waals surface area contributed by atoms with E-state index >= 15 is 0 Å². The van der Waals surface area contributed by atoms with Gasteiger partial charge in [-0.3, -0.25) is 5.43 Å². The van der Waals surface area contributed by atoms with Crippen LogP contribution in [0.4, 0.5) is 11.8 Å². The van der Waals surface area contributed by atoms with Gasteiger partial charge >= 0.3 is 0 Å². The zero-order chi connectivity index (χ0) is 11.7. The third-order valence-corrected chi connectivity index (χ3v) is 3.80. The molecule has 1 aliphatic rings. The highest BCUT2D eigenvalue weighted by Crippen LogP contribution is 2.32. The third kappa shape index (κ3) is 2.32. The van der Waals surface area contributed by atoms with Gasteiger partial charge in [0.2, 0.25) is 5.95 Å². The van der Waals surface area contributed by atoms with Crippen molar-refractivity contribution < 1.29 is 0 Å². The summed E-state index contributed by atoms with van der Waals surface area (Å²) in [4.78, 5) is 9.62. The number of rotatable bonds is 5. The van der Waals surface area contributed by atoms with Gasteiger partial charge in [0.25, 0.3) is 0 Å². The van der Waals surface area contributed by atoms with Gasteiger partial charge < -0.3 is 5.32 Å². The fourth-order valence-electron chi connectivity index (χ4n) is 1.86. The molecule has 90 valence electrons. The monoisotopic (exact) mass is 249 g/mol. The van der Waals surface area contributed by atoms with Gasteiger partial charge in [0.05, 0.1) is 5.39 Å². The molecule has 0 unspecified atom stereocenters. The molecule has 0 aromatic carbocycles. The van der Waals surface area contributed by atoms with Crippen LogP contribution in [0.25, 0.3) is 10.2 Å². The topological polar surface area (TPSA) is 75.9 Å². The molecular weight excluding hydrogens is 234 g/mol. The van der Waals surface area contributed by atoms with Gasteiger partial charge in [0, 0.05) is 6.54 Å². The van der Waals surface area contributed by atoms with Gasteiger partial charge in [0.15, 0.2) is 0 Å². The van der Waals surface area contributed by atoms with Crippen molar-refractivity contribution in [3.8, 4) is 0 Å². The van der Waals surface area contributed by atoms with Crippen LogP contribution in [0.2, 0.25) is 0 Å². The number of aromatic nitrogens is 2. The lowest BCUT2D eigenvalue weighted by molar-refractivity contribution is 0.759. The Morgan fingerprint density at radius 1 is 1.41 bits per heavy atom. The lowest BCUT2D eigenvalue weighted by Crippen LogP contribution is -2.12. The Kier molecular flexibility index (Phi) is 2.82. The van der Waals surface area contributed by atoms with Crippen LogP contribution in [0.3, 0.4) is 0 Å². The van der Waals surface area contributed by atoms with Crippen LogP contribution in [-0.4, -0.2) is 16.5 Å². The van der Waals surface area contributed by atoms with Crippen LogP contribution >= 0.6 is 11.3 Å². The highest BCUT2D eigenvalue weighted by atomic mass is 32.1. The molecule has 2 heterocycles. The minimum atomic E-state index is 0.467. The van der Waals surface area contributed by atoms with E-state index in [4.69, 9.17) is 5.84 Å². The van der Waals surface area contributed by atoms with E-state index in [1.807, 2.05) is 11.4 Å². The van der Waals surface area contributed by atoms with Crippen molar-refractivity contribution in [3.05, 3.63) is 11.4 Å². The van der Waals surface area contributed by atoms with Crippen molar-refractivity contribution in [3.63, 3.8) is 0 Å². The van der Waals surface area contributed by atoms with E-state index in [2.05, 4.69) is 20.7 Å². The number of nitrogens with two attached hydrogens (primary N) is 1. The number of anilines is 2. The second-order valence-electron chi connectivity index (χ2n) is 4.34. The zero-order valence-electron chi connectivity index (χ0n) is 9.44. The van der Waals surface area contributed by atoms with Crippen molar-refractivity contribution in [2.45, 2.75) is 19.3 Å². The average molecular weight is 249 g/mol. The van der Waals surface area contributed by atoms with Crippen LogP contribution in [0.5, 0.6) is 0 Å². The molecule has 0 atom stereocenters. The molecule has 0 amide bonds. The smallest absolute Gasteiger partial charge is 0.240 e. The Morgan fingerprint density at radius 3 is 3.06 bits per heavy atom. The number of hydrogen-bond donors (Lipinski definition) is 3. The van der Waals surface area contributed by atoms with Crippen molar-refractivity contribution >= 4 is 33.3 Å². The van der Waals surface area contributed by atoms with Gasteiger partial charge in [0.1, 0.15) is 10.6 Å². The molecule has 0 saturated heterocycles. The van der Waals surface area contributed by atoms with Crippen molar-refractivity contribution in [1.82, 2.24) is 9.97 Å². The summed E-state index contributed by atoms with van der Waals surface area (Å²) >= 11 is 1.60. The van der Waals surface area contributed by atoms with Gasteiger partial charge in [-0.2, -0.15) is 4.98 Å². The number of hydrazine groups is 1.